The van der Waals surface area contributed by atoms with Crippen molar-refractivity contribution >= 4 is 32.7 Å². The summed E-state index contributed by atoms with van der Waals surface area (Å²) in [5, 5.41) is 2.89. The monoisotopic (exact) mass is 465 g/mol. The van der Waals surface area contributed by atoms with Crippen molar-refractivity contribution in [3.63, 3.8) is 0 Å². The van der Waals surface area contributed by atoms with E-state index in [1.54, 1.807) is 22.5 Å². The summed E-state index contributed by atoms with van der Waals surface area (Å²) in [6, 6.07) is 5.20. The summed E-state index contributed by atoms with van der Waals surface area (Å²) < 4.78 is 32.0. The number of piperidine rings is 1. The van der Waals surface area contributed by atoms with Gasteiger partial charge in [0.2, 0.25) is 15.9 Å². The smallest absolute Gasteiger partial charge is 0.323 e. The molecule has 0 saturated carbocycles. The number of nitrogens with one attached hydrogen (secondary N) is 3. The molecule has 2 aromatic rings. The quantitative estimate of drug-likeness (QED) is 0.586. The molecule has 0 bridgehead atoms. The van der Waals surface area contributed by atoms with Crippen LogP contribution in [-0.4, -0.2) is 84.2 Å². The molecular formula is C21H31N5O5S. The molecule has 10 nitrogen and oxygen atoms in total. The summed E-state index contributed by atoms with van der Waals surface area (Å²) in [5.74, 6) is -0.116. The molecule has 2 saturated heterocycles. The third kappa shape index (κ3) is 5.06. The van der Waals surface area contributed by atoms with Crippen molar-refractivity contribution < 1.29 is 17.9 Å². The Morgan fingerprint density at radius 2 is 2.00 bits per heavy atom. The molecule has 1 atom stereocenters. The number of ether oxygens (including phenoxy) is 1. The number of hydrogen-bond acceptors (Lipinski definition) is 6. The number of aromatic amines is 2. The topological polar surface area (TPSA) is 128 Å². The number of anilines is 1. The molecule has 176 valence electrons. The highest BCUT2D eigenvalue weighted by molar-refractivity contribution is 7.88. The summed E-state index contributed by atoms with van der Waals surface area (Å²) >= 11 is 0. The van der Waals surface area contributed by atoms with Crippen molar-refractivity contribution in [1.29, 1.82) is 0 Å². The van der Waals surface area contributed by atoms with Gasteiger partial charge in [-0.3, -0.25) is 9.69 Å². The minimum absolute atomic E-state index is 0.0339. The number of imidazole rings is 1. The lowest BCUT2D eigenvalue weighted by molar-refractivity contribution is -0.131. The number of carbonyl (C=O) groups is 1. The summed E-state index contributed by atoms with van der Waals surface area (Å²) in [7, 11) is -3.25. The first kappa shape index (κ1) is 23.0. The second kappa shape index (κ2) is 8.97. The fourth-order valence-corrected chi connectivity index (χ4v) is 6.18. The Morgan fingerprint density at radius 3 is 2.69 bits per heavy atom. The van der Waals surface area contributed by atoms with Gasteiger partial charge in [-0.25, -0.2) is 13.2 Å². The number of benzene rings is 1. The van der Waals surface area contributed by atoms with Gasteiger partial charge in [0.1, 0.15) is 0 Å². The average Bonchev–Trinajstić information content (AvgIpc) is 3.09. The van der Waals surface area contributed by atoms with Gasteiger partial charge < -0.3 is 20.0 Å². The molecule has 1 aromatic carbocycles. The van der Waals surface area contributed by atoms with Crippen molar-refractivity contribution in [3.05, 3.63) is 28.7 Å². The lowest BCUT2D eigenvalue weighted by Gasteiger charge is -2.47. The minimum Gasteiger partial charge on any atom is -0.375 e. The molecule has 1 spiro atoms. The van der Waals surface area contributed by atoms with Crippen LogP contribution in [0, 0.1) is 0 Å². The fraction of sp³-hybridized carbons (Fsp3) is 0.619. The van der Waals surface area contributed by atoms with Crippen molar-refractivity contribution in [1.82, 2.24) is 19.2 Å². The Hall–Kier alpha value is -2.21. The molecule has 2 aliphatic heterocycles. The van der Waals surface area contributed by atoms with Gasteiger partial charge in [-0.15, -0.1) is 0 Å². The first-order valence-electron chi connectivity index (χ1n) is 11.0. The van der Waals surface area contributed by atoms with Gasteiger partial charge >= 0.3 is 5.69 Å². The number of amides is 1. The summed E-state index contributed by atoms with van der Waals surface area (Å²) in [6.07, 6.45) is 4.23. The Labute approximate surface area is 187 Å². The van der Waals surface area contributed by atoms with Gasteiger partial charge in [0.05, 0.1) is 29.4 Å². The lowest BCUT2D eigenvalue weighted by Crippen LogP contribution is -2.55. The first-order chi connectivity index (χ1) is 15.2. The molecule has 4 rings (SSSR count). The Bertz CT molecular complexity index is 1130. The second-order valence-electron chi connectivity index (χ2n) is 8.81. The van der Waals surface area contributed by atoms with E-state index in [9.17, 15) is 18.0 Å². The zero-order valence-corrected chi connectivity index (χ0v) is 19.3. The van der Waals surface area contributed by atoms with Gasteiger partial charge in [0.15, 0.2) is 0 Å². The molecule has 2 aliphatic rings. The first-order valence-corrected chi connectivity index (χ1v) is 12.9. The van der Waals surface area contributed by atoms with Crippen LogP contribution in [0.4, 0.5) is 5.69 Å². The fourth-order valence-electron chi connectivity index (χ4n) is 4.99. The maximum atomic E-state index is 12.5. The highest BCUT2D eigenvalue weighted by Gasteiger charge is 2.43. The molecule has 32 heavy (non-hydrogen) atoms. The van der Waals surface area contributed by atoms with Gasteiger partial charge in [-0.1, -0.05) is 6.92 Å². The van der Waals surface area contributed by atoms with Crippen LogP contribution >= 0.6 is 0 Å². The number of fused-ring (bicyclic) bond motifs is 1. The summed E-state index contributed by atoms with van der Waals surface area (Å²) in [5.41, 5.74) is 1.37. The van der Waals surface area contributed by atoms with Crippen molar-refractivity contribution in [2.24, 2.45) is 0 Å². The summed E-state index contributed by atoms with van der Waals surface area (Å²) in [6.45, 7) is 4.60. The minimum atomic E-state index is -3.25. The standard InChI is InChI=1S/C21H31N5O5S/c1-3-26(32(2,29)30)16-6-11-31-21(13-16)7-9-25(10-8-21)14-19(27)22-15-4-5-17-18(12-15)24-20(28)23-17/h4-5,12,16H,3,6-11,13-14H2,1-2H3,(H,22,27)(H2,23,24,28). The van der Waals surface area contributed by atoms with Gasteiger partial charge in [0.25, 0.3) is 0 Å². The molecule has 3 N–H and O–H groups in total. The number of likely N-dealkylation sites (tertiary alicyclic amines) is 1. The zero-order chi connectivity index (χ0) is 22.9. The van der Waals surface area contributed by atoms with Crippen LogP contribution in [0.25, 0.3) is 11.0 Å². The third-order valence-electron chi connectivity index (χ3n) is 6.55. The predicted octanol–water partition coefficient (Wildman–Crippen LogP) is 1.09. The van der Waals surface area contributed by atoms with E-state index in [4.69, 9.17) is 4.74 Å². The summed E-state index contributed by atoms with van der Waals surface area (Å²) in [4.78, 5) is 31.4. The van der Waals surface area contributed by atoms with Crippen molar-refractivity contribution in [2.75, 3.05) is 44.4 Å². The van der Waals surface area contributed by atoms with Crippen LogP contribution < -0.4 is 11.0 Å². The largest absolute Gasteiger partial charge is 0.375 e. The van der Waals surface area contributed by atoms with Crippen molar-refractivity contribution in [3.8, 4) is 0 Å². The molecule has 1 unspecified atom stereocenters. The van der Waals surface area contributed by atoms with Crippen LogP contribution in [-0.2, 0) is 19.6 Å². The van der Waals surface area contributed by atoms with E-state index in [1.165, 1.54) is 6.26 Å². The van der Waals surface area contributed by atoms with Crippen LogP contribution in [0.2, 0.25) is 0 Å². The predicted molar refractivity (Wildman–Crippen MR) is 122 cm³/mol. The molecule has 3 heterocycles. The molecular weight excluding hydrogens is 434 g/mol. The molecule has 1 aromatic heterocycles. The Balaban J connectivity index is 1.31. The van der Waals surface area contributed by atoms with E-state index in [0.717, 1.165) is 25.9 Å². The highest BCUT2D eigenvalue weighted by atomic mass is 32.2. The third-order valence-corrected chi connectivity index (χ3v) is 7.95. The van der Waals surface area contributed by atoms with Crippen LogP contribution in [0.3, 0.4) is 0 Å². The maximum absolute atomic E-state index is 12.5. The lowest BCUT2D eigenvalue weighted by atomic mass is 9.82. The van der Waals surface area contributed by atoms with Crippen LogP contribution in [0.15, 0.2) is 23.0 Å². The average molecular weight is 466 g/mol. The van der Waals surface area contributed by atoms with Gasteiger partial charge in [-0.05, 0) is 43.9 Å². The molecule has 0 aliphatic carbocycles. The number of rotatable bonds is 6. The normalized spacial score (nSPS) is 21.9. The Morgan fingerprint density at radius 1 is 1.28 bits per heavy atom. The molecule has 0 radical (unpaired) electrons. The molecule has 2 fully saturated rings. The Kier molecular flexibility index (Phi) is 6.44. The van der Waals surface area contributed by atoms with Gasteiger partial charge in [0, 0.05) is 38.0 Å². The molecule has 11 heteroatoms. The maximum Gasteiger partial charge on any atom is 0.323 e. The number of H-pyrrole nitrogens is 2. The van der Waals surface area contributed by atoms with E-state index in [2.05, 4.69) is 20.2 Å². The van der Waals surface area contributed by atoms with Crippen LogP contribution in [0.1, 0.15) is 32.6 Å². The second-order valence-corrected chi connectivity index (χ2v) is 10.7. The number of carbonyl (C=O) groups excluding carboxylic acids is 1. The number of nitrogens with zero attached hydrogens (tertiary/aromatic N) is 2. The number of aromatic nitrogens is 2. The van der Waals surface area contributed by atoms with Crippen molar-refractivity contribution in [2.45, 2.75) is 44.2 Å². The van der Waals surface area contributed by atoms with E-state index in [1.807, 2.05) is 6.92 Å². The number of hydrogen-bond donors (Lipinski definition) is 3. The zero-order valence-electron chi connectivity index (χ0n) is 18.5. The van der Waals surface area contributed by atoms with E-state index < -0.39 is 10.0 Å². The SMILES string of the molecule is CCN(C1CCOC2(CCN(CC(=O)Nc3ccc4[nH]c(=O)[nH]c4c3)CC2)C1)S(C)(=O)=O. The molecule has 1 amide bonds. The van der Waals surface area contributed by atoms with E-state index >= 15 is 0 Å². The van der Waals surface area contributed by atoms with Crippen LogP contribution in [0.5, 0.6) is 0 Å². The van der Waals surface area contributed by atoms with E-state index in [0.29, 0.717) is 42.7 Å². The highest BCUT2D eigenvalue weighted by Crippen LogP contribution is 2.37. The number of sulfonamides is 1. The van der Waals surface area contributed by atoms with Gasteiger partial charge in [-0.2, -0.15) is 4.31 Å². The van der Waals surface area contributed by atoms with E-state index in [-0.39, 0.29) is 29.8 Å².